The SMILES string of the molecule is Cc1ccccc1OCc1nnc(SCc2c(C)noc2C)n1-c1ccccc1. The zero-order valence-electron chi connectivity index (χ0n) is 16.6. The lowest BCUT2D eigenvalue weighted by atomic mass is 10.2. The number of aryl methyl sites for hydroxylation is 3. The van der Waals surface area contributed by atoms with Crippen LogP contribution in [-0.4, -0.2) is 19.9 Å². The Morgan fingerprint density at radius 3 is 2.45 bits per heavy atom. The van der Waals surface area contributed by atoms with Crippen LogP contribution in [0.4, 0.5) is 0 Å². The van der Waals surface area contributed by atoms with Crippen molar-refractivity contribution in [3.05, 3.63) is 83.0 Å². The van der Waals surface area contributed by atoms with Crippen LogP contribution in [0, 0.1) is 20.8 Å². The molecule has 2 heterocycles. The molecule has 2 aromatic carbocycles. The van der Waals surface area contributed by atoms with Gasteiger partial charge in [-0.1, -0.05) is 53.3 Å². The zero-order chi connectivity index (χ0) is 20.2. The summed E-state index contributed by atoms with van der Waals surface area (Å²) in [7, 11) is 0. The summed E-state index contributed by atoms with van der Waals surface area (Å²) in [6.45, 7) is 6.25. The highest BCUT2D eigenvalue weighted by Crippen LogP contribution is 2.28. The van der Waals surface area contributed by atoms with Crippen LogP contribution in [0.3, 0.4) is 0 Å². The Balaban J connectivity index is 1.61. The number of thioether (sulfide) groups is 1. The van der Waals surface area contributed by atoms with Crippen LogP contribution in [0.2, 0.25) is 0 Å². The van der Waals surface area contributed by atoms with E-state index in [9.17, 15) is 0 Å². The minimum atomic E-state index is 0.332. The van der Waals surface area contributed by atoms with Crippen LogP contribution in [0.25, 0.3) is 5.69 Å². The van der Waals surface area contributed by atoms with Gasteiger partial charge in [0.05, 0.1) is 5.69 Å². The Bertz CT molecular complexity index is 1090. The Labute approximate surface area is 173 Å². The minimum Gasteiger partial charge on any atom is -0.485 e. The highest BCUT2D eigenvalue weighted by atomic mass is 32.2. The molecule has 0 aliphatic carbocycles. The lowest BCUT2D eigenvalue weighted by molar-refractivity contribution is 0.291. The standard InChI is InChI=1S/C22H22N4O2S/c1-15-9-7-8-12-20(15)27-13-21-23-24-22(26(21)18-10-5-4-6-11-18)29-14-19-16(2)25-28-17(19)3/h4-12H,13-14H2,1-3H3. The molecule has 0 N–H and O–H groups in total. The molecule has 2 aromatic heterocycles. The number of hydrogen-bond donors (Lipinski definition) is 0. The maximum atomic E-state index is 6.03. The second kappa shape index (κ2) is 8.53. The smallest absolute Gasteiger partial charge is 0.196 e. The molecule has 6 nitrogen and oxygen atoms in total. The number of ether oxygens (including phenoxy) is 1. The van der Waals surface area contributed by atoms with Gasteiger partial charge in [0.1, 0.15) is 18.1 Å². The summed E-state index contributed by atoms with van der Waals surface area (Å²) in [6, 6.07) is 18.0. The van der Waals surface area contributed by atoms with E-state index in [1.165, 1.54) is 0 Å². The molecule has 0 amide bonds. The van der Waals surface area contributed by atoms with Crippen LogP contribution < -0.4 is 4.74 Å². The highest BCUT2D eigenvalue weighted by molar-refractivity contribution is 7.98. The van der Waals surface area contributed by atoms with Crippen LogP contribution in [0.5, 0.6) is 5.75 Å². The van der Waals surface area contributed by atoms with Crippen molar-refractivity contribution in [2.45, 2.75) is 38.3 Å². The quantitative estimate of drug-likeness (QED) is 0.400. The summed E-state index contributed by atoms with van der Waals surface area (Å²) in [6.07, 6.45) is 0. The maximum absolute atomic E-state index is 6.03. The summed E-state index contributed by atoms with van der Waals surface area (Å²) in [5, 5.41) is 13.7. The van der Waals surface area contributed by atoms with E-state index in [4.69, 9.17) is 9.26 Å². The Kier molecular flexibility index (Phi) is 5.67. The van der Waals surface area contributed by atoms with Gasteiger partial charge in [0.15, 0.2) is 11.0 Å². The van der Waals surface area contributed by atoms with Crippen molar-refractivity contribution < 1.29 is 9.26 Å². The molecular formula is C22H22N4O2S. The van der Waals surface area contributed by atoms with Crippen molar-refractivity contribution >= 4 is 11.8 Å². The molecule has 0 saturated heterocycles. The van der Waals surface area contributed by atoms with Crippen LogP contribution in [0.15, 0.2) is 64.3 Å². The Morgan fingerprint density at radius 1 is 0.966 bits per heavy atom. The van der Waals surface area contributed by atoms with Gasteiger partial charge in [-0.2, -0.15) is 0 Å². The molecular weight excluding hydrogens is 384 g/mol. The molecule has 0 unspecified atom stereocenters. The number of rotatable bonds is 7. The van der Waals surface area contributed by atoms with E-state index in [0.717, 1.165) is 45.0 Å². The molecule has 0 saturated carbocycles. The predicted molar refractivity (Wildman–Crippen MR) is 112 cm³/mol. The number of para-hydroxylation sites is 2. The van der Waals surface area contributed by atoms with Gasteiger partial charge in [0.2, 0.25) is 0 Å². The average molecular weight is 407 g/mol. The summed E-state index contributed by atoms with van der Waals surface area (Å²) < 4.78 is 13.3. The van der Waals surface area contributed by atoms with E-state index in [0.29, 0.717) is 12.4 Å². The molecule has 7 heteroatoms. The van der Waals surface area contributed by atoms with Gasteiger partial charge in [-0.25, -0.2) is 0 Å². The van der Waals surface area contributed by atoms with Crippen molar-refractivity contribution in [2.75, 3.05) is 0 Å². The lowest BCUT2D eigenvalue weighted by Gasteiger charge is -2.12. The van der Waals surface area contributed by atoms with Crippen molar-refractivity contribution in [2.24, 2.45) is 0 Å². The largest absolute Gasteiger partial charge is 0.485 e. The molecule has 0 atom stereocenters. The van der Waals surface area contributed by atoms with E-state index in [-0.39, 0.29) is 0 Å². The van der Waals surface area contributed by atoms with Gasteiger partial charge >= 0.3 is 0 Å². The van der Waals surface area contributed by atoms with E-state index < -0.39 is 0 Å². The highest BCUT2D eigenvalue weighted by Gasteiger charge is 2.17. The third kappa shape index (κ3) is 4.19. The fourth-order valence-electron chi connectivity index (χ4n) is 3.03. The Morgan fingerprint density at radius 2 is 1.72 bits per heavy atom. The van der Waals surface area contributed by atoms with Crippen molar-refractivity contribution in [1.82, 2.24) is 19.9 Å². The van der Waals surface area contributed by atoms with Gasteiger partial charge in [-0.3, -0.25) is 4.57 Å². The summed E-state index contributed by atoms with van der Waals surface area (Å²) in [4.78, 5) is 0. The molecule has 29 heavy (non-hydrogen) atoms. The normalized spacial score (nSPS) is 11.0. The first kappa shape index (κ1) is 19.3. The molecule has 0 bridgehead atoms. The molecule has 0 spiro atoms. The first-order chi connectivity index (χ1) is 14.1. The number of hydrogen-bond acceptors (Lipinski definition) is 6. The molecule has 4 rings (SSSR count). The number of aromatic nitrogens is 4. The average Bonchev–Trinajstić information content (AvgIpc) is 3.29. The second-order valence-electron chi connectivity index (χ2n) is 6.72. The van der Waals surface area contributed by atoms with E-state index in [1.54, 1.807) is 11.8 Å². The lowest BCUT2D eigenvalue weighted by Crippen LogP contribution is -2.07. The topological polar surface area (TPSA) is 66.0 Å². The number of nitrogens with zero attached hydrogens (tertiary/aromatic N) is 4. The summed E-state index contributed by atoms with van der Waals surface area (Å²) in [5.74, 6) is 3.15. The van der Waals surface area contributed by atoms with Gasteiger partial charge in [-0.15, -0.1) is 10.2 Å². The molecule has 0 radical (unpaired) electrons. The van der Waals surface area contributed by atoms with Crippen LogP contribution >= 0.6 is 11.8 Å². The van der Waals surface area contributed by atoms with Crippen molar-refractivity contribution in [3.8, 4) is 11.4 Å². The third-order valence-electron chi connectivity index (χ3n) is 4.69. The zero-order valence-corrected chi connectivity index (χ0v) is 17.4. The Hall–Kier alpha value is -3.06. The fourth-order valence-corrected chi connectivity index (χ4v) is 4.15. The van der Waals surface area contributed by atoms with Crippen molar-refractivity contribution in [1.29, 1.82) is 0 Å². The predicted octanol–water partition coefficient (Wildman–Crippen LogP) is 5.05. The molecule has 0 aliphatic heterocycles. The van der Waals surface area contributed by atoms with Gasteiger partial charge in [0.25, 0.3) is 0 Å². The third-order valence-corrected chi connectivity index (χ3v) is 5.65. The van der Waals surface area contributed by atoms with Gasteiger partial charge in [0, 0.05) is 17.0 Å². The van der Waals surface area contributed by atoms with E-state index >= 15 is 0 Å². The molecule has 0 aliphatic rings. The van der Waals surface area contributed by atoms with E-state index in [1.807, 2.05) is 79.9 Å². The summed E-state index contributed by atoms with van der Waals surface area (Å²) in [5.41, 5.74) is 4.09. The molecule has 4 aromatic rings. The molecule has 0 fully saturated rings. The first-order valence-electron chi connectivity index (χ1n) is 9.36. The fraction of sp³-hybridized carbons (Fsp3) is 0.227. The van der Waals surface area contributed by atoms with Crippen molar-refractivity contribution in [3.63, 3.8) is 0 Å². The van der Waals surface area contributed by atoms with Crippen LogP contribution in [-0.2, 0) is 12.4 Å². The van der Waals surface area contributed by atoms with Crippen LogP contribution in [0.1, 0.15) is 28.4 Å². The first-order valence-corrected chi connectivity index (χ1v) is 10.3. The van der Waals surface area contributed by atoms with Gasteiger partial charge in [-0.05, 0) is 44.5 Å². The molecule has 148 valence electrons. The van der Waals surface area contributed by atoms with E-state index in [2.05, 4.69) is 15.4 Å². The monoisotopic (exact) mass is 406 g/mol. The number of benzene rings is 2. The second-order valence-corrected chi connectivity index (χ2v) is 7.66. The van der Waals surface area contributed by atoms with Gasteiger partial charge < -0.3 is 9.26 Å². The summed E-state index contributed by atoms with van der Waals surface area (Å²) >= 11 is 1.61. The maximum Gasteiger partial charge on any atom is 0.196 e. The minimum absolute atomic E-state index is 0.332.